The van der Waals surface area contributed by atoms with Crippen molar-refractivity contribution < 1.29 is 9.59 Å². The van der Waals surface area contributed by atoms with Gasteiger partial charge in [-0.25, -0.2) is 9.97 Å². The molecule has 1 aliphatic heterocycles. The minimum Gasteiger partial charge on any atom is -0.350 e. The highest BCUT2D eigenvalue weighted by Crippen LogP contribution is 2.18. The molecule has 1 unspecified atom stereocenters. The highest BCUT2D eigenvalue weighted by atomic mass is 79.9. The minimum atomic E-state index is -0.0484. The van der Waals surface area contributed by atoms with Crippen LogP contribution in [0.5, 0.6) is 0 Å². The molecule has 26 heavy (non-hydrogen) atoms. The average Bonchev–Trinajstić information content (AvgIpc) is 3.12. The van der Waals surface area contributed by atoms with Crippen molar-refractivity contribution in [1.29, 1.82) is 0 Å². The molecule has 0 saturated carbocycles. The van der Waals surface area contributed by atoms with E-state index in [0.717, 1.165) is 10.9 Å². The Morgan fingerprint density at radius 1 is 1.23 bits per heavy atom. The monoisotopic (exact) mass is 417 g/mol. The van der Waals surface area contributed by atoms with E-state index in [0.29, 0.717) is 36.7 Å². The van der Waals surface area contributed by atoms with Crippen molar-refractivity contribution in [3.05, 3.63) is 46.7 Å². The van der Waals surface area contributed by atoms with Crippen LogP contribution < -0.4 is 10.6 Å². The number of anilines is 2. The number of benzene rings is 1. The van der Waals surface area contributed by atoms with Crippen molar-refractivity contribution in [2.45, 2.75) is 25.8 Å². The van der Waals surface area contributed by atoms with Crippen molar-refractivity contribution in [2.75, 3.05) is 23.7 Å². The molecule has 136 valence electrons. The van der Waals surface area contributed by atoms with Crippen molar-refractivity contribution in [1.82, 2.24) is 14.9 Å². The standard InChI is InChI=1S/C18H20BrN5O2/c1-2-16(25)22-14-5-3-12(4-6-14)17(26)24-8-7-15(11-24)23-18-20-9-13(19)10-21-18/h3-6,9-10,15H,2,7-8,11H2,1H3,(H,22,25)(H,20,21,23). The molecule has 0 aliphatic carbocycles. The fourth-order valence-electron chi connectivity index (χ4n) is 2.76. The van der Waals surface area contributed by atoms with Gasteiger partial charge < -0.3 is 15.5 Å². The van der Waals surface area contributed by atoms with Gasteiger partial charge in [0.1, 0.15) is 0 Å². The minimum absolute atomic E-state index is 0.0145. The van der Waals surface area contributed by atoms with E-state index in [1.165, 1.54) is 0 Å². The molecule has 2 aromatic rings. The van der Waals surface area contributed by atoms with Crippen LogP contribution in [0.1, 0.15) is 30.1 Å². The summed E-state index contributed by atoms with van der Waals surface area (Å²) in [7, 11) is 0. The first-order valence-corrected chi connectivity index (χ1v) is 9.27. The topological polar surface area (TPSA) is 87.2 Å². The molecule has 1 aromatic carbocycles. The Morgan fingerprint density at radius 3 is 2.58 bits per heavy atom. The number of carbonyl (C=O) groups excluding carboxylic acids is 2. The molecular formula is C18H20BrN5O2. The summed E-state index contributed by atoms with van der Waals surface area (Å²) in [6.45, 7) is 3.08. The summed E-state index contributed by atoms with van der Waals surface area (Å²) in [5.74, 6) is 0.496. The van der Waals surface area contributed by atoms with E-state index in [1.54, 1.807) is 43.6 Å². The van der Waals surface area contributed by atoms with Gasteiger partial charge in [-0.05, 0) is 46.6 Å². The van der Waals surface area contributed by atoms with Crippen LogP contribution in [0.3, 0.4) is 0 Å². The predicted molar refractivity (Wildman–Crippen MR) is 103 cm³/mol. The number of rotatable bonds is 5. The maximum absolute atomic E-state index is 12.7. The SMILES string of the molecule is CCC(=O)Nc1ccc(C(=O)N2CCC(Nc3ncc(Br)cn3)C2)cc1. The Balaban J connectivity index is 1.57. The number of amides is 2. The Morgan fingerprint density at radius 2 is 1.92 bits per heavy atom. The third kappa shape index (κ3) is 4.57. The second kappa shape index (κ2) is 8.27. The summed E-state index contributed by atoms with van der Waals surface area (Å²) in [4.78, 5) is 34.3. The lowest BCUT2D eigenvalue weighted by Gasteiger charge is -2.17. The van der Waals surface area contributed by atoms with E-state index < -0.39 is 0 Å². The molecule has 0 bridgehead atoms. The van der Waals surface area contributed by atoms with Crippen molar-refractivity contribution >= 4 is 39.4 Å². The molecule has 8 heteroatoms. The molecule has 1 aliphatic rings. The lowest BCUT2D eigenvalue weighted by molar-refractivity contribution is -0.115. The number of halogens is 1. The molecular weight excluding hydrogens is 398 g/mol. The molecule has 2 N–H and O–H groups in total. The fraction of sp³-hybridized carbons (Fsp3) is 0.333. The maximum atomic E-state index is 12.7. The molecule has 0 spiro atoms. The largest absolute Gasteiger partial charge is 0.350 e. The van der Waals surface area contributed by atoms with Gasteiger partial charge >= 0.3 is 0 Å². The van der Waals surface area contributed by atoms with Gasteiger partial charge in [-0.15, -0.1) is 0 Å². The van der Waals surface area contributed by atoms with Crippen LogP contribution in [0.4, 0.5) is 11.6 Å². The Bertz CT molecular complexity index is 779. The van der Waals surface area contributed by atoms with Gasteiger partial charge in [0.05, 0.1) is 4.47 Å². The Kier molecular flexibility index (Phi) is 5.82. The van der Waals surface area contributed by atoms with Crippen LogP contribution >= 0.6 is 15.9 Å². The maximum Gasteiger partial charge on any atom is 0.253 e. The Hall–Kier alpha value is -2.48. The van der Waals surface area contributed by atoms with E-state index in [2.05, 4.69) is 36.5 Å². The number of carbonyl (C=O) groups is 2. The van der Waals surface area contributed by atoms with Crippen molar-refractivity contribution in [3.8, 4) is 0 Å². The van der Waals surface area contributed by atoms with Gasteiger partial charge in [0.25, 0.3) is 5.91 Å². The molecule has 7 nitrogen and oxygen atoms in total. The molecule has 1 fully saturated rings. The highest BCUT2D eigenvalue weighted by Gasteiger charge is 2.27. The number of nitrogens with zero attached hydrogens (tertiary/aromatic N) is 3. The summed E-state index contributed by atoms with van der Waals surface area (Å²) in [5.41, 5.74) is 1.31. The van der Waals surface area contributed by atoms with E-state index in [1.807, 2.05) is 4.90 Å². The third-order valence-electron chi connectivity index (χ3n) is 4.17. The van der Waals surface area contributed by atoms with Gasteiger partial charge in [-0.3, -0.25) is 9.59 Å². The van der Waals surface area contributed by atoms with E-state index in [4.69, 9.17) is 0 Å². The van der Waals surface area contributed by atoms with Crippen LogP contribution in [-0.2, 0) is 4.79 Å². The van der Waals surface area contributed by atoms with Crippen molar-refractivity contribution in [3.63, 3.8) is 0 Å². The summed E-state index contributed by atoms with van der Waals surface area (Å²) in [5, 5.41) is 6.03. The van der Waals surface area contributed by atoms with E-state index >= 15 is 0 Å². The van der Waals surface area contributed by atoms with Crippen LogP contribution in [-0.4, -0.2) is 45.8 Å². The quantitative estimate of drug-likeness (QED) is 0.780. The van der Waals surface area contributed by atoms with Gasteiger partial charge in [-0.1, -0.05) is 6.92 Å². The number of nitrogens with one attached hydrogen (secondary N) is 2. The molecule has 3 rings (SSSR count). The zero-order valence-corrected chi connectivity index (χ0v) is 16.0. The van der Waals surface area contributed by atoms with E-state index in [-0.39, 0.29) is 17.9 Å². The smallest absolute Gasteiger partial charge is 0.253 e. The van der Waals surface area contributed by atoms with Crippen LogP contribution in [0.15, 0.2) is 41.1 Å². The van der Waals surface area contributed by atoms with Crippen molar-refractivity contribution in [2.24, 2.45) is 0 Å². The van der Waals surface area contributed by atoms with Gasteiger partial charge in [-0.2, -0.15) is 0 Å². The first kappa shape index (κ1) is 18.3. The number of hydrogen-bond acceptors (Lipinski definition) is 5. The molecule has 0 radical (unpaired) electrons. The fourth-order valence-corrected chi connectivity index (χ4v) is 2.96. The van der Waals surface area contributed by atoms with E-state index in [9.17, 15) is 9.59 Å². The molecule has 1 atom stereocenters. The number of likely N-dealkylation sites (tertiary alicyclic amines) is 1. The summed E-state index contributed by atoms with van der Waals surface area (Å²) in [6.07, 6.45) is 4.64. The van der Waals surface area contributed by atoms with Gasteiger partial charge in [0.15, 0.2) is 0 Å². The average molecular weight is 418 g/mol. The lowest BCUT2D eigenvalue weighted by atomic mass is 10.2. The van der Waals surface area contributed by atoms with Crippen LogP contribution in [0, 0.1) is 0 Å². The second-order valence-electron chi connectivity index (χ2n) is 6.09. The Labute approximate surface area is 160 Å². The zero-order valence-electron chi connectivity index (χ0n) is 14.4. The number of aromatic nitrogens is 2. The zero-order chi connectivity index (χ0) is 18.5. The molecule has 2 amide bonds. The third-order valence-corrected chi connectivity index (χ3v) is 4.58. The summed E-state index contributed by atoms with van der Waals surface area (Å²) < 4.78 is 0.824. The first-order chi connectivity index (χ1) is 12.5. The summed E-state index contributed by atoms with van der Waals surface area (Å²) >= 11 is 3.31. The van der Waals surface area contributed by atoms with Gasteiger partial charge in [0.2, 0.25) is 11.9 Å². The second-order valence-corrected chi connectivity index (χ2v) is 7.00. The highest BCUT2D eigenvalue weighted by molar-refractivity contribution is 9.10. The van der Waals surface area contributed by atoms with Crippen LogP contribution in [0.2, 0.25) is 0 Å². The first-order valence-electron chi connectivity index (χ1n) is 8.48. The molecule has 2 heterocycles. The predicted octanol–water partition coefficient (Wildman–Crippen LogP) is 2.91. The number of hydrogen-bond donors (Lipinski definition) is 2. The summed E-state index contributed by atoms with van der Waals surface area (Å²) in [6, 6.07) is 7.12. The van der Waals surface area contributed by atoms with Crippen LogP contribution in [0.25, 0.3) is 0 Å². The lowest BCUT2D eigenvalue weighted by Crippen LogP contribution is -2.31. The molecule has 1 aromatic heterocycles. The molecule has 1 saturated heterocycles. The normalized spacial score (nSPS) is 16.4. The van der Waals surface area contributed by atoms with Gasteiger partial charge in [0, 0.05) is 49.2 Å².